The van der Waals surface area contributed by atoms with E-state index < -0.39 is 0 Å². The van der Waals surface area contributed by atoms with Crippen molar-refractivity contribution in [1.29, 1.82) is 0 Å². The number of hydrogen-bond donors (Lipinski definition) is 1. The third-order valence-corrected chi connectivity index (χ3v) is 0.944. The molecule has 2 heteroatoms. The van der Waals surface area contributed by atoms with Gasteiger partial charge in [0.15, 0.2) is 5.76 Å². The zero-order valence-corrected chi connectivity index (χ0v) is 5.79. The summed E-state index contributed by atoms with van der Waals surface area (Å²) in [6, 6.07) is 3.51. The van der Waals surface area contributed by atoms with Crippen molar-refractivity contribution in [2.45, 2.75) is 13.0 Å². The lowest BCUT2D eigenvalue weighted by molar-refractivity contribution is 0.554. The molecule has 1 heterocycles. The molecule has 0 bridgehead atoms. The Balaban J connectivity index is 2.66. The zero-order chi connectivity index (χ0) is 7.40. The Morgan fingerprint density at radius 1 is 1.70 bits per heavy atom. The van der Waals surface area contributed by atoms with Crippen LogP contribution in [0.25, 0.3) is 0 Å². The smallest absolute Gasteiger partial charge is 0.176 e. The summed E-state index contributed by atoms with van der Waals surface area (Å²) in [7, 11) is 0. The van der Waals surface area contributed by atoms with Crippen LogP contribution < -0.4 is 5.73 Å². The predicted octanol–water partition coefficient (Wildman–Crippen LogP) is 0.978. The van der Waals surface area contributed by atoms with Gasteiger partial charge in [-0.25, -0.2) is 0 Å². The largest absolute Gasteiger partial charge is 0.456 e. The lowest BCUT2D eigenvalue weighted by Gasteiger charge is -1.85. The van der Waals surface area contributed by atoms with Crippen molar-refractivity contribution in [3.05, 3.63) is 24.2 Å². The molecule has 0 fully saturated rings. The second-order valence-electron chi connectivity index (χ2n) is 2.04. The van der Waals surface area contributed by atoms with Crippen molar-refractivity contribution in [2.75, 3.05) is 0 Å². The maximum Gasteiger partial charge on any atom is 0.176 e. The van der Waals surface area contributed by atoms with Crippen molar-refractivity contribution in [1.82, 2.24) is 0 Å². The van der Waals surface area contributed by atoms with Crippen LogP contribution in [0.3, 0.4) is 0 Å². The van der Waals surface area contributed by atoms with Crippen molar-refractivity contribution < 1.29 is 4.42 Å². The SMILES string of the molecule is CC(N)C#Cc1ccco1. The fraction of sp³-hybridized carbons (Fsp3) is 0.250. The van der Waals surface area contributed by atoms with E-state index in [4.69, 9.17) is 10.2 Å². The van der Waals surface area contributed by atoms with Crippen LogP contribution in [0, 0.1) is 11.8 Å². The third kappa shape index (κ3) is 1.96. The number of furan rings is 1. The Bertz CT molecular complexity index is 238. The molecule has 0 saturated heterocycles. The van der Waals surface area contributed by atoms with Gasteiger partial charge < -0.3 is 10.2 Å². The highest BCUT2D eigenvalue weighted by Crippen LogP contribution is 1.95. The molecule has 2 nitrogen and oxygen atoms in total. The standard InChI is InChI=1S/C8H9NO/c1-7(9)4-5-8-3-2-6-10-8/h2-3,6-7H,9H2,1H3. The van der Waals surface area contributed by atoms with Crippen LogP contribution in [0.1, 0.15) is 12.7 Å². The molecule has 0 aromatic carbocycles. The first-order chi connectivity index (χ1) is 4.79. The summed E-state index contributed by atoms with van der Waals surface area (Å²) >= 11 is 0. The summed E-state index contributed by atoms with van der Waals surface area (Å²) in [4.78, 5) is 0. The van der Waals surface area contributed by atoms with Gasteiger partial charge in [-0.3, -0.25) is 0 Å². The first kappa shape index (κ1) is 6.91. The van der Waals surface area contributed by atoms with Crippen molar-refractivity contribution >= 4 is 0 Å². The maximum atomic E-state index is 5.39. The minimum absolute atomic E-state index is 0.0925. The number of hydrogen-bond acceptors (Lipinski definition) is 2. The van der Waals surface area contributed by atoms with Crippen LogP contribution in [0.2, 0.25) is 0 Å². The highest BCUT2D eigenvalue weighted by molar-refractivity contribution is 5.25. The molecule has 1 rings (SSSR count). The molecule has 1 atom stereocenters. The van der Waals surface area contributed by atoms with Crippen molar-refractivity contribution in [2.24, 2.45) is 5.73 Å². The van der Waals surface area contributed by atoms with Gasteiger partial charge in [-0.1, -0.05) is 5.92 Å². The monoisotopic (exact) mass is 135 g/mol. The quantitative estimate of drug-likeness (QED) is 0.538. The van der Waals surface area contributed by atoms with E-state index in [2.05, 4.69) is 11.8 Å². The van der Waals surface area contributed by atoms with Crippen LogP contribution in [0.5, 0.6) is 0 Å². The first-order valence-corrected chi connectivity index (χ1v) is 3.09. The van der Waals surface area contributed by atoms with E-state index in [-0.39, 0.29) is 6.04 Å². The van der Waals surface area contributed by atoms with Crippen LogP contribution in [0.15, 0.2) is 22.8 Å². The van der Waals surface area contributed by atoms with Crippen molar-refractivity contribution in [3.63, 3.8) is 0 Å². The number of rotatable bonds is 0. The second kappa shape index (κ2) is 3.09. The molecule has 0 saturated carbocycles. The van der Waals surface area contributed by atoms with Gasteiger partial charge >= 0.3 is 0 Å². The Hall–Kier alpha value is -1.20. The fourth-order valence-electron chi connectivity index (χ4n) is 0.535. The normalized spacial score (nSPS) is 11.8. The molecule has 0 spiro atoms. The van der Waals surface area contributed by atoms with E-state index in [0.717, 1.165) is 0 Å². The molecular formula is C8H9NO. The molecular weight excluding hydrogens is 126 g/mol. The summed E-state index contributed by atoms with van der Waals surface area (Å²) < 4.78 is 4.95. The lowest BCUT2D eigenvalue weighted by Crippen LogP contribution is -2.10. The van der Waals surface area contributed by atoms with Crippen LogP contribution in [-0.4, -0.2) is 6.04 Å². The van der Waals surface area contributed by atoms with Crippen LogP contribution >= 0.6 is 0 Å². The molecule has 1 aromatic heterocycles. The van der Waals surface area contributed by atoms with Crippen LogP contribution in [0.4, 0.5) is 0 Å². The molecule has 10 heavy (non-hydrogen) atoms. The molecule has 0 aliphatic carbocycles. The summed E-state index contributed by atoms with van der Waals surface area (Å²) in [5.41, 5.74) is 5.39. The summed E-state index contributed by atoms with van der Waals surface area (Å²) in [6.07, 6.45) is 1.59. The molecule has 1 unspecified atom stereocenters. The van der Waals surface area contributed by atoms with Crippen LogP contribution in [-0.2, 0) is 0 Å². The predicted molar refractivity (Wildman–Crippen MR) is 39.2 cm³/mol. The van der Waals surface area contributed by atoms with Gasteiger partial charge in [-0.2, -0.15) is 0 Å². The van der Waals surface area contributed by atoms with Gasteiger partial charge in [0, 0.05) is 0 Å². The summed E-state index contributed by atoms with van der Waals surface area (Å²) in [5, 5.41) is 0. The molecule has 52 valence electrons. The van der Waals surface area contributed by atoms with Gasteiger partial charge in [0.2, 0.25) is 0 Å². The second-order valence-corrected chi connectivity index (χ2v) is 2.04. The summed E-state index contributed by atoms with van der Waals surface area (Å²) in [5.74, 6) is 6.23. The Labute approximate surface area is 60.0 Å². The van der Waals surface area contributed by atoms with Gasteiger partial charge in [-0.15, -0.1) is 0 Å². The average Bonchev–Trinajstić information content (AvgIpc) is 2.34. The van der Waals surface area contributed by atoms with E-state index in [1.807, 2.05) is 6.92 Å². The van der Waals surface area contributed by atoms with Gasteiger partial charge in [0.05, 0.1) is 12.3 Å². The minimum Gasteiger partial charge on any atom is -0.456 e. The molecule has 0 amide bonds. The minimum atomic E-state index is -0.0925. The van der Waals surface area contributed by atoms with E-state index in [0.29, 0.717) is 5.76 Å². The van der Waals surface area contributed by atoms with Crippen molar-refractivity contribution in [3.8, 4) is 11.8 Å². The highest BCUT2D eigenvalue weighted by atomic mass is 16.3. The average molecular weight is 135 g/mol. The first-order valence-electron chi connectivity index (χ1n) is 3.09. The lowest BCUT2D eigenvalue weighted by atomic mass is 10.3. The molecule has 2 N–H and O–H groups in total. The van der Waals surface area contributed by atoms with Gasteiger partial charge in [0.1, 0.15) is 0 Å². The topological polar surface area (TPSA) is 39.2 Å². The molecule has 0 radical (unpaired) electrons. The number of nitrogens with two attached hydrogens (primary N) is 1. The molecule has 0 aliphatic heterocycles. The summed E-state index contributed by atoms with van der Waals surface area (Å²) in [6.45, 7) is 1.83. The van der Waals surface area contributed by atoms with E-state index in [9.17, 15) is 0 Å². The molecule has 0 aliphatic rings. The van der Waals surface area contributed by atoms with E-state index >= 15 is 0 Å². The zero-order valence-electron chi connectivity index (χ0n) is 5.79. The van der Waals surface area contributed by atoms with Gasteiger partial charge in [-0.05, 0) is 25.0 Å². The van der Waals surface area contributed by atoms with E-state index in [1.165, 1.54) is 0 Å². The fourth-order valence-corrected chi connectivity index (χ4v) is 0.535. The Morgan fingerprint density at radius 2 is 2.50 bits per heavy atom. The Kier molecular flexibility index (Phi) is 2.14. The molecule has 1 aromatic rings. The highest BCUT2D eigenvalue weighted by Gasteiger charge is 1.86. The Morgan fingerprint density at radius 3 is 3.00 bits per heavy atom. The van der Waals surface area contributed by atoms with E-state index in [1.54, 1.807) is 18.4 Å². The van der Waals surface area contributed by atoms with Gasteiger partial charge in [0.25, 0.3) is 0 Å². The third-order valence-electron chi connectivity index (χ3n) is 0.944. The maximum absolute atomic E-state index is 5.39.